The first-order valence-corrected chi connectivity index (χ1v) is 8.16. The lowest BCUT2D eigenvalue weighted by Crippen LogP contribution is -2.29. The Kier molecular flexibility index (Phi) is 5.57. The third kappa shape index (κ3) is 4.02. The number of thioether (sulfide) groups is 1. The molecule has 96 valence electrons. The Labute approximate surface area is 122 Å². The van der Waals surface area contributed by atoms with E-state index in [0.717, 1.165) is 22.1 Å². The lowest BCUT2D eigenvalue weighted by Gasteiger charge is -2.15. The molecule has 0 fully saturated rings. The molecule has 0 amide bonds. The van der Waals surface area contributed by atoms with E-state index < -0.39 is 0 Å². The first-order chi connectivity index (χ1) is 8.79. The lowest BCUT2D eigenvalue weighted by atomic mass is 10.1. The largest absolute Gasteiger partial charge is 0.316 e. The van der Waals surface area contributed by atoms with Crippen molar-refractivity contribution in [2.45, 2.75) is 17.4 Å². The summed E-state index contributed by atoms with van der Waals surface area (Å²) in [5.74, 6) is 1.02. The van der Waals surface area contributed by atoms with Gasteiger partial charge in [-0.1, -0.05) is 23.7 Å². The molecule has 0 saturated heterocycles. The molecule has 0 radical (unpaired) electrons. The van der Waals surface area contributed by atoms with Gasteiger partial charge >= 0.3 is 0 Å². The molecular formula is C14H16ClNS2. The van der Waals surface area contributed by atoms with Crippen LogP contribution >= 0.6 is 34.7 Å². The summed E-state index contributed by atoms with van der Waals surface area (Å²) in [7, 11) is 2.02. The Balaban J connectivity index is 1.89. The van der Waals surface area contributed by atoms with Gasteiger partial charge in [-0.15, -0.1) is 11.8 Å². The summed E-state index contributed by atoms with van der Waals surface area (Å²) in [5.41, 5.74) is 1.40. The second-order valence-corrected chi connectivity index (χ2v) is 6.31. The zero-order valence-electron chi connectivity index (χ0n) is 10.2. The van der Waals surface area contributed by atoms with Crippen molar-refractivity contribution >= 4 is 34.7 Å². The molecule has 1 aromatic heterocycles. The van der Waals surface area contributed by atoms with Crippen molar-refractivity contribution in [2.75, 3.05) is 12.8 Å². The molecule has 0 spiro atoms. The number of rotatable bonds is 6. The van der Waals surface area contributed by atoms with E-state index in [1.165, 1.54) is 5.56 Å². The third-order valence-corrected chi connectivity index (χ3v) is 5.16. The van der Waals surface area contributed by atoms with Gasteiger partial charge in [-0.25, -0.2) is 0 Å². The molecule has 1 unspecified atom stereocenters. The SMILES string of the molecule is CNC(CSc1ccccc1Cl)Cc1ccsc1. The van der Waals surface area contributed by atoms with Crippen LogP contribution in [-0.4, -0.2) is 18.8 Å². The van der Waals surface area contributed by atoms with Gasteiger partial charge in [-0.3, -0.25) is 0 Å². The molecule has 1 nitrogen and oxygen atoms in total. The van der Waals surface area contributed by atoms with Gasteiger partial charge in [0.1, 0.15) is 0 Å². The summed E-state index contributed by atoms with van der Waals surface area (Å²) in [4.78, 5) is 1.16. The van der Waals surface area contributed by atoms with Crippen LogP contribution in [0.5, 0.6) is 0 Å². The molecule has 1 heterocycles. The molecule has 1 atom stereocenters. The molecule has 0 saturated carbocycles. The molecule has 2 rings (SSSR count). The van der Waals surface area contributed by atoms with Crippen molar-refractivity contribution in [3.63, 3.8) is 0 Å². The standard InChI is InChI=1S/C14H16ClNS2/c1-16-12(8-11-6-7-17-9-11)10-18-14-5-3-2-4-13(14)15/h2-7,9,12,16H,8,10H2,1H3. The Morgan fingerprint density at radius 3 is 2.83 bits per heavy atom. The lowest BCUT2D eigenvalue weighted by molar-refractivity contribution is 0.618. The van der Waals surface area contributed by atoms with E-state index >= 15 is 0 Å². The van der Waals surface area contributed by atoms with Crippen LogP contribution in [0.15, 0.2) is 46.0 Å². The molecule has 2 aromatic rings. The molecule has 0 aliphatic heterocycles. The Morgan fingerprint density at radius 1 is 1.33 bits per heavy atom. The summed E-state index contributed by atoms with van der Waals surface area (Å²) in [6, 6.07) is 10.7. The number of likely N-dealkylation sites (N-methyl/N-ethyl adjacent to an activating group) is 1. The zero-order chi connectivity index (χ0) is 12.8. The molecule has 0 bridgehead atoms. The van der Waals surface area contributed by atoms with E-state index in [-0.39, 0.29) is 0 Å². The number of halogens is 1. The maximum atomic E-state index is 6.15. The van der Waals surface area contributed by atoms with Crippen LogP contribution in [0.1, 0.15) is 5.56 Å². The highest BCUT2D eigenvalue weighted by molar-refractivity contribution is 7.99. The second kappa shape index (κ2) is 7.19. The van der Waals surface area contributed by atoms with Gasteiger partial charge in [0.2, 0.25) is 0 Å². The van der Waals surface area contributed by atoms with Gasteiger partial charge in [0, 0.05) is 16.7 Å². The highest BCUT2D eigenvalue weighted by Crippen LogP contribution is 2.27. The van der Waals surface area contributed by atoms with Gasteiger partial charge in [0.05, 0.1) is 5.02 Å². The number of benzene rings is 1. The summed E-state index contributed by atoms with van der Waals surface area (Å²) in [5, 5.41) is 8.55. The highest BCUT2D eigenvalue weighted by Gasteiger charge is 2.09. The quantitative estimate of drug-likeness (QED) is 0.797. The molecule has 0 aliphatic rings. The Bertz CT molecular complexity index is 470. The summed E-state index contributed by atoms with van der Waals surface area (Å²) < 4.78 is 0. The predicted molar refractivity (Wildman–Crippen MR) is 83.0 cm³/mol. The summed E-state index contributed by atoms with van der Waals surface area (Å²) >= 11 is 9.72. The molecule has 0 aliphatic carbocycles. The van der Waals surface area contributed by atoms with Crippen molar-refractivity contribution < 1.29 is 0 Å². The topological polar surface area (TPSA) is 12.0 Å². The number of thiophene rings is 1. The molecular weight excluding hydrogens is 282 g/mol. The normalized spacial score (nSPS) is 12.6. The molecule has 1 N–H and O–H groups in total. The van der Waals surface area contributed by atoms with Crippen molar-refractivity contribution in [1.82, 2.24) is 5.32 Å². The molecule has 4 heteroatoms. The van der Waals surface area contributed by atoms with Crippen LogP contribution in [0.2, 0.25) is 5.02 Å². The first kappa shape index (κ1) is 13.9. The average molecular weight is 298 g/mol. The minimum atomic E-state index is 0.473. The van der Waals surface area contributed by atoms with Crippen LogP contribution in [-0.2, 0) is 6.42 Å². The van der Waals surface area contributed by atoms with Gasteiger partial charge < -0.3 is 5.32 Å². The third-order valence-electron chi connectivity index (χ3n) is 2.75. The summed E-state index contributed by atoms with van der Waals surface area (Å²) in [6.45, 7) is 0. The van der Waals surface area contributed by atoms with Crippen molar-refractivity contribution in [2.24, 2.45) is 0 Å². The Morgan fingerprint density at radius 2 is 2.17 bits per heavy atom. The first-order valence-electron chi connectivity index (χ1n) is 5.85. The van der Waals surface area contributed by atoms with E-state index in [1.54, 1.807) is 11.3 Å². The van der Waals surface area contributed by atoms with Gasteiger partial charge in [0.25, 0.3) is 0 Å². The van der Waals surface area contributed by atoms with Crippen molar-refractivity contribution in [3.8, 4) is 0 Å². The van der Waals surface area contributed by atoms with E-state index in [4.69, 9.17) is 11.6 Å². The Hall–Kier alpha value is -0.480. The van der Waals surface area contributed by atoms with Crippen LogP contribution in [0.4, 0.5) is 0 Å². The van der Waals surface area contributed by atoms with E-state index in [9.17, 15) is 0 Å². The number of hydrogen-bond acceptors (Lipinski definition) is 3. The van der Waals surface area contributed by atoms with Gasteiger partial charge in [-0.05, 0) is 48.0 Å². The van der Waals surface area contributed by atoms with Gasteiger partial charge in [-0.2, -0.15) is 11.3 Å². The van der Waals surface area contributed by atoms with Crippen LogP contribution in [0, 0.1) is 0 Å². The minimum absolute atomic E-state index is 0.473. The fraction of sp³-hybridized carbons (Fsp3) is 0.286. The second-order valence-electron chi connectivity index (χ2n) is 4.06. The summed E-state index contributed by atoms with van der Waals surface area (Å²) in [6.07, 6.45) is 1.07. The predicted octanol–water partition coefficient (Wildman–Crippen LogP) is 4.32. The average Bonchev–Trinajstić information content (AvgIpc) is 2.89. The van der Waals surface area contributed by atoms with Crippen LogP contribution < -0.4 is 5.32 Å². The molecule has 18 heavy (non-hydrogen) atoms. The number of hydrogen-bond donors (Lipinski definition) is 1. The van der Waals surface area contributed by atoms with E-state index in [0.29, 0.717) is 6.04 Å². The van der Waals surface area contributed by atoms with E-state index in [1.807, 2.05) is 37.0 Å². The van der Waals surface area contributed by atoms with Crippen LogP contribution in [0.3, 0.4) is 0 Å². The fourth-order valence-electron chi connectivity index (χ4n) is 1.69. The zero-order valence-corrected chi connectivity index (χ0v) is 12.6. The monoisotopic (exact) mass is 297 g/mol. The number of nitrogens with one attached hydrogen (secondary N) is 1. The fourth-order valence-corrected chi connectivity index (χ4v) is 3.72. The highest BCUT2D eigenvalue weighted by atomic mass is 35.5. The minimum Gasteiger partial charge on any atom is -0.316 e. The maximum Gasteiger partial charge on any atom is 0.0541 e. The van der Waals surface area contributed by atoms with Crippen LogP contribution in [0.25, 0.3) is 0 Å². The molecule has 1 aromatic carbocycles. The van der Waals surface area contributed by atoms with Crippen molar-refractivity contribution in [3.05, 3.63) is 51.7 Å². The van der Waals surface area contributed by atoms with Gasteiger partial charge in [0.15, 0.2) is 0 Å². The van der Waals surface area contributed by atoms with E-state index in [2.05, 4.69) is 28.2 Å². The van der Waals surface area contributed by atoms with Crippen molar-refractivity contribution in [1.29, 1.82) is 0 Å². The smallest absolute Gasteiger partial charge is 0.0541 e. The maximum absolute atomic E-state index is 6.15.